The third-order valence-corrected chi connectivity index (χ3v) is 5.12. The zero-order valence-electron chi connectivity index (χ0n) is 18.2. The second kappa shape index (κ2) is 10.3. The van der Waals surface area contributed by atoms with Crippen molar-refractivity contribution in [2.75, 3.05) is 27.7 Å². The molecule has 0 radical (unpaired) electrons. The maximum atomic E-state index is 6.08. The topological polar surface area (TPSA) is 48.9 Å². The summed E-state index contributed by atoms with van der Waals surface area (Å²) in [5.74, 6) is 2.52. The van der Waals surface area contributed by atoms with E-state index in [1.165, 1.54) is 29.5 Å². The van der Waals surface area contributed by atoms with Gasteiger partial charge in [-0.15, -0.1) is 0 Å². The summed E-state index contributed by atoms with van der Waals surface area (Å²) < 4.78 is 6.08. The summed E-state index contributed by atoms with van der Waals surface area (Å²) in [5, 5.41) is 6.87. The van der Waals surface area contributed by atoms with E-state index in [2.05, 4.69) is 84.0 Å². The summed E-state index contributed by atoms with van der Waals surface area (Å²) in [7, 11) is 5.99. The van der Waals surface area contributed by atoms with Crippen LogP contribution in [0.4, 0.5) is 0 Å². The molecule has 156 valence electrons. The van der Waals surface area contributed by atoms with Crippen molar-refractivity contribution < 1.29 is 4.74 Å². The summed E-state index contributed by atoms with van der Waals surface area (Å²) in [6.45, 7) is 5.27. The van der Waals surface area contributed by atoms with Gasteiger partial charge < -0.3 is 20.3 Å². The molecule has 29 heavy (non-hydrogen) atoms. The number of hydrogen-bond acceptors (Lipinski definition) is 3. The highest BCUT2D eigenvalue weighted by Crippen LogP contribution is 2.30. The number of nitrogens with zero attached hydrogens (tertiary/aromatic N) is 2. The lowest BCUT2D eigenvalue weighted by Gasteiger charge is -2.17. The summed E-state index contributed by atoms with van der Waals surface area (Å²) in [4.78, 5) is 6.57. The SMILES string of the molecule is CN=C(NCc1ccccc1CN(C)C)NCc1ccc(C)cc1OCC1CC1. The van der Waals surface area contributed by atoms with Gasteiger partial charge in [-0.25, -0.2) is 0 Å². The molecule has 0 bridgehead atoms. The normalized spacial score (nSPS) is 14.2. The average molecular weight is 395 g/mol. The molecule has 5 heteroatoms. The Hall–Kier alpha value is -2.53. The highest BCUT2D eigenvalue weighted by molar-refractivity contribution is 5.79. The second-order valence-electron chi connectivity index (χ2n) is 8.15. The van der Waals surface area contributed by atoms with E-state index >= 15 is 0 Å². The zero-order chi connectivity index (χ0) is 20.6. The summed E-state index contributed by atoms with van der Waals surface area (Å²) >= 11 is 0. The van der Waals surface area contributed by atoms with Gasteiger partial charge in [0.15, 0.2) is 5.96 Å². The molecule has 0 saturated heterocycles. The number of aliphatic imine (C=N–C) groups is 1. The summed E-state index contributed by atoms with van der Waals surface area (Å²) in [6.07, 6.45) is 2.59. The molecule has 0 heterocycles. The molecule has 2 aromatic carbocycles. The van der Waals surface area contributed by atoms with Gasteiger partial charge in [0.25, 0.3) is 0 Å². The number of benzene rings is 2. The lowest BCUT2D eigenvalue weighted by Crippen LogP contribution is -2.36. The molecule has 0 atom stereocenters. The van der Waals surface area contributed by atoms with Crippen molar-refractivity contribution in [2.45, 2.75) is 39.4 Å². The quantitative estimate of drug-likeness (QED) is 0.503. The molecular weight excluding hydrogens is 360 g/mol. The molecule has 1 aliphatic carbocycles. The number of nitrogens with one attached hydrogen (secondary N) is 2. The molecule has 2 aromatic rings. The Balaban J connectivity index is 1.57. The van der Waals surface area contributed by atoms with E-state index in [4.69, 9.17) is 4.74 Å². The first kappa shape index (κ1) is 21.2. The lowest BCUT2D eigenvalue weighted by molar-refractivity contribution is 0.296. The first-order valence-corrected chi connectivity index (χ1v) is 10.4. The van der Waals surface area contributed by atoms with Gasteiger partial charge in [0.05, 0.1) is 6.61 Å². The van der Waals surface area contributed by atoms with Crippen molar-refractivity contribution in [3.63, 3.8) is 0 Å². The maximum Gasteiger partial charge on any atom is 0.191 e. The van der Waals surface area contributed by atoms with Gasteiger partial charge in [-0.3, -0.25) is 4.99 Å². The minimum absolute atomic E-state index is 0.680. The van der Waals surface area contributed by atoms with E-state index in [1.807, 2.05) is 0 Å². The number of ether oxygens (including phenoxy) is 1. The largest absolute Gasteiger partial charge is 0.493 e. The third kappa shape index (κ3) is 6.79. The van der Waals surface area contributed by atoms with Crippen LogP contribution in [-0.4, -0.2) is 38.6 Å². The fraction of sp³-hybridized carbons (Fsp3) is 0.458. The molecular formula is C24H34N4O. The van der Waals surface area contributed by atoms with Gasteiger partial charge >= 0.3 is 0 Å². The first-order valence-electron chi connectivity index (χ1n) is 10.4. The molecule has 3 rings (SSSR count). The molecule has 1 fully saturated rings. The summed E-state index contributed by atoms with van der Waals surface area (Å²) in [6, 6.07) is 14.9. The fourth-order valence-corrected chi connectivity index (χ4v) is 3.24. The number of aryl methyl sites for hydroxylation is 1. The van der Waals surface area contributed by atoms with E-state index in [-0.39, 0.29) is 0 Å². The fourth-order valence-electron chi connectivity index (χ4n) is 3.24. The predicted octanol–water partition coefficient (Wildman–Crippen LogP) is 3.71. The lowest BCUT2D eigenvalue weighted by atomic mass is 10.1. The van der Waals surface area contributed by atoms with Crippen LogP contribution < -0.4 is 15.4 Å². The van der Waals surface area contributed by atoms with E-state index in [9.17, 15) is 0 Å². The van der Waals surface area contributed by atoms with E-state index in [0.717, 1.165) is 42.9 Å². The molecule has 0 amide bonds. The van der Waals surface area contributed by atoms with Gasteiger partial charge in [-0.2, -0.15) is 0 Å². The molecule has 1 saturated carbocycles. The highest BCUT2D eigenvalue weighted by Gasteiger charge is 2.22. The van der Waals surface area contributed by atoms with E-state index in [0.29, 0.717) is 6.54 Å². The molecule has 0 aromatic heterocycles. The van der Waals surface area contributed by atoms with Crippen LogP contribution in [0.2, 0.25) is 0 Å². The van der Waals surface area contributed by atoms with Crippen LogP contribution in [-0.2, 0) is 19.6 Å². The smallest absolute Gasteiger partial charge is 0.191 e. The highest BCUT2D eigenvalue weighted by atomic mass is 16.5. The van der Waals surface area contributed by atoms with Crippen molar-refractivity contribution in [2.24, 2.45) is 10.9 Å². The molecule has 5 nitrogen and oxygen atoms in total. The minimum atomic E-state index is 0.680. The van der Waals surface area contributed by atoms with Gasteiger partial charge in [0, 0.05) is 32.2 Å². The van der Waals surface area contributed by atoms with E-state index < -0.39 is 0 Å². The molecule has 0 aliphatic heterocycles. The van der Waals surface area contributed by atoms with Crippen LogP contribution in [0, 0.1) is 12.8 Å². The molecule has 0 unspecified atom stereocenters. The molecule has 2 N–H and O–H groups in total. The van der Waals surface area contributed by atoms with Crippen LogP contribution in [0.15, 0.2) is 47.5 Å². The van der Waals surface area contributed by atoms with Crippen LogP contribution in [0.1, 0.15) is 35.1 Å². The monoisotopic (exact) mass is 394 g/mol. The van der Waals surface area contributed by atoms with Crippen molar-refractivity contribution in [3.05, 3.63) is 64.7 Å². The summed E-state index contributed by atoms with van der Waals surface area (Å²) in [5.41, 5.74) is 4.99. The Morgan fingerprint density at radius 2 is 1.72 bits per heavy atom. The van der Waals surface area contributed by atoms with Crippen molar-refractivity contribution >= 4 is 5.96 Å². The van der Waals surface area contributed by atoms with Crippen molar-refractivity contribution in [1.29, 1.82) is 0 Å². The zero-order valence-corrected chi connectivity index (χ0v) is 18.2. The minimum Gasteiger partial charge on any atom is -0.493 e. The number of hydrogen-bond donors (Lipinski definition) is 2. The van der Waals surface area contributed by atoms with Crippen molar-refractivity contribution in [1.82, 2.24) is 15.5 Å². The van der Waals surface area contributed by atoms with Crippen molar-refractivity contribution in [3.8, 4) is 5.75 Å². The standard InChI is InChI=1S/C24H34N4O/c1-18-9-12-21(23(13-18)29-17-19-10-11-19)15-27-24(25-2)26-14-20-7-5-6-8-22(20)16-28(3)4/h5-9,12-13,19H,10-11,14-17H2,1-4H3,(H2,25,26,27). The number of rotatable bonds is 9. The molecule has 1 aliphatic rings. The van der Waals surface area contributed by atoms with Gasteiger partial charge in [-0.05, 0) is 62.5 Å². The Bertz CT molecular complexity index is 827. The number of guanidine groups is 1. The third-order valence-electron chi connectivity index (χ3n) is 5.12. The van der Waals surface area contributed by atoms with Gasteiger partial charge in [0.2, 0.25) is 0 Å². The van der Waals surface area contributed by atoms with E-state index in [1.54, 1.807) is 7.05 Å². The van der Waals surface area contributed by atoms with Crippen LogP contribution in [0.5, 0.6) is 5.75 Å². The average Bonchev–Trinajstić information content (AvgIpc) is 3.53. The van der Waals surface area contributed by atoms with Gasteiger partial charge in [0.1, 0.15) is 5.75 Å². The van der Waals surface area contributed by atoms with Crippen LogP contribution in [0.25, 0.3) is 0 Å². The Labute approximate surface area is 175 Å². The van der Waals surface area contributed by atoms with Gasteiger partial charge in [-0.1, -0.05) is 36.4 Å². The predicted molar refractivity (Wildman–Crippen MR) is 120 cm³/mol. The Kier molecular flexibility index (Phi) is 7.53. The molecule has 0 spiro atoms. The Morgan fingerprint density at radius 3 is 2.38 bits per heavy atom. The maximum absolute atomic E-state index is 6.08. The first-order chi connectivity index (χ1) is 14.0. The van der Waals surface area contributed by atoms with Crippen LogP contribution >= 0.6 is 0 Å². The Morgan fingerprint density at radius 1 is 1.03 bits per heavy atom. The second-order valence-corrected chi connectivity index (χ2v) is 8.15. The van der Waals surface area contributed by atoms with Crippen LogP contribution in [0.3, 0.4) is 0 Å².